The van der Waals surface area contributed by atoms with E-state index in [1.807, 2.05) is 18.0 Å². The molecule has 0 aliphatic carbocycles. The van der Waals surface area contributed by atoms with Crippen LogP contribution in [0.15, 0.2) is 29.3 Å². The first kappa shape index (κ1) is 17.4. The van der Waals surface area contributed by atoms with Gasteiger partial charge in [0.2, 0.25) is 0 Å². The molecule has 1 rings (SSSR count). The number of halogens is 1. The second-order valence-electron chi connectivity index (χ2n) is 5.01. The smallest absolute Gasteiger partial charge is 0.193 e. The SMILES string of the molecule is CN=C(NCCCCCOC)N(C)Cc1cccc(F)c1. The molecule has 0 radical (unpaired) electrons. The molecule has 0 aliphatic heterocycles. The average Bonchev–Trinajstić information content (AvgIpc) is 2.46. The molecule has 1 aromatic rings. The minimum absolute atomic E-state index is 0.206. The molecule has 0 amide bonds. The largest absolute Gasteiger partial charge is 0.385 e. The first-order valence-corrected chi connectivity index (χ1v) is 7.32. The molecule has 0 aromatic heterocycles. The molecule has 0 aliphatic rings. The van der Waals surface area contributed by atoms with Gasteiger partial charge in [0, 0.05) is 40.9 Å². The number of unbranched alkanes of at least 4 members (excludes halogenated alkanes) is 2. The third kappa shape index (κ3) is 7.09. The fourth-order valence-electron chi connectivity index (χ4n) is 2.12. The maximum Gasteiger partial charge on any atom is 0.193 e. The Hall–Kier alpha value is -1.62. The Morgan fingerprint density at radius 3 is 2.81 bits per heavy atom. The normalized spacial score (nSPS) is 11.5. The number of hydrogen-bond acceptors (Lipinski definition) is 2. The zero-order chi connectivity index (χ0) is 15.5. The summed E-state index contributed by atoms with van der Waals surface area (Å²) in [7, 11) is 5.43. The Kier molecular flexibility index (Phi) is 8.43. The van der Waals surface area contributed by atoms with Gasteiger partial charge in [-0.15, -0.1) is 0 Å². The van der Waals surface area contributed by atoms with Gasteiger partial charge in [0.1, 0.15) is 5.82 Å². The maximum absolute atomic E-state index is 13.2. The van der Waals surface area contributed by atoms with Gasteiger partial charge in [-0.3, -0.25) is 4.99 Å². The third-order valence-electron chi connectivity index (χ3n) is 3.19. The topological polar surface area (TPSA) is 36.9 Å². The molecule has 118 valence electrons. The summed E-state index contributed by atoms with van der Waals surface area (Å²) in [4.78, 5) is 6.24. The summed E-state index contributed by atoms with van der Waals surface area (Å²) in [6.07, 6.45) is 3.29. The van der Waals surface area contributed by atoms with Gasteiger partial charge in [-0.1, -0.05) is 12.1 Å². The standard InChI is InChI=1S/C16H26FN3O/c1-18-16(19-10-5-4-6-11-21-3)20(2)13-14-8-7-9-15(17)12-14/h7-9,12H,4-6,10-11,13H2,1-3H3,(H,18,19). The van der Waals surface area contributed by atoms with Crippen molar-refractivity contribution in [3.63, 3.8) is 0 Å². The van der Waals surface area contributed by atoms with Crippen LogP contribution in [-0.4, -0.2) is 45.2 Å². The molecule has 5 heteroatoms. The fraction of sp³-hybridized carbons (Fsp3) is 0.562. The quantitative estimate of drug-likeness (QED) is 0.455. The predicted molar refractivity (Wildman–Crippen MR) is 85.0 cm³/mol. The monoisotopic (exact) mass is 295 g/mol. The van der Waals surface area contributed by atoms with E-state index < -0.39 is 0 Å². The van der Waals surface area contributed by atoms with E-state index in [9.17, 15) is 4.39 Å². The highest BCUT2D eigenvalue weighted by Gasteiger charge is 2.06. The van der Waals surface area contributed by atoms with Crippen molar-refractivity contribution in [2.45, 2.75) is 25.8 Å². The Balaban J connectivity index is 2.34. The summed E-state index contributed by atoms with van der Waals surface area (Å²) < 4.78 is 18.2. The van der Waals surface area contributed by atoms with Crippen LogP contribution in [0, 0.1) is 5.82 Å². The van der Waals surface area contributed by atoms with Gasteiger partial charge in [0.25, 0.3) is 0 Å². The summed E-state index contributed by atoms with van der Waals surface area (Å²) in [5.74, 6) is 0.619. The molecule has 21 heavy (non-hydrogen) atoms. The number of guanidine groups is 1. The van der Waals surface area contributed by atoms with E-state index in [0.717, 1.165) is 43.9 Å². The van der Waals surface area contributed by atoms with Crippen LogP contribution < -0.4 is 5.32 Å². The van der Waals surface area contributed by atoms with Crippen LogP contribution in [0.4, 0.5) is 4.39 Å². The molecule has 0 fully saturated rings. The lowest BCUT2D eigenvalue weighted by molar-refractivity contribution is 0.192. The Labute approximate surface area is 127 Å². The van der Waals surface area contributed by atoms with Crippen molar-refractivity contribution in [2.75, 3.05) is 34.4 Å². The Bertz CT molecular complexity index is 437. The number of methoxy groups -OCH3 is 1. The first-order valence-electron chi connectivity index (χ1n) is 7.32. The van der Waals surface area contributed by atoms with Crippen molar-refractivity contribution < 1.29 is 9.13 Å². The summed E-state index contributed by atoms with van der Waals surface area (Å²) in [6, 6.07) is 6.65. The van der Waals surface area contributed by atoms with Crippen LogP contribution in [0.3, 0.4) is 0 Å². The highest BCUT2D eigenvalue weighted by Crippen LogP contribution is 2.06. The molecule has 0 unspecified atom stereocenters. The third-order valence-corrected chi connectivity index (χ3v) is 3.19. The van der Waals surface area contributed by atoms with E-state index in [4.69, 9.17) is 4.74 Å². The summed E-state index contributed by atoms with van der Waals surface area (Å²) in [5, 5.41) is 3.32. The Morgan fingerprint density at radius 1 is 1.33 bits per heavy atom. The highest BCUT2D eigenvalue weighted by atomic mass is 19.1. The van der Waals surface area contributed by atoms with Gasteiger partial charge in [0.05, 0.1) is 0 Å². The molecule has 0 spiro atoms. The molecule has 0 saturated heterocycles. The highest BCUT2D eigenvalue weighted by molar-refractivity contribution is 5.79. The van der Waals surface area contributed by atoms with Crippen LogP contribution in [0.5, 0.6) is 0 Å². The average molecular weight is 295 g/mol. The number of aliphatic imine (C=N–C) groups is 1. The van der Waals surface area contributed by atoms with E-state index in [1.165, 1.54) is 6.07 Å². The molecule has 4 nitrogen and oxygen atoms in total. The van der Waals surface area contributed by atoms with E-state index >= 15 is 0 Å². The number of rotatable bonds is 8. The van der Waals surface area contributed by atoms with E-state index in [0.29, 0.717) is 6.54 Å². The fourth-order valence-corrected chi connectivity index (χ4v) is 2.12. The number of ether oxygens (including phenoxy) is 1. The van der Waals surface area contributed by atoms with Crippen molar-refractivity contribution in [3.8, 4) is 0 Å². The zero-order valence-corrected chi connectivity index (χ0v) is 13.2. The molecule has 0 bridgehead atoms. The maximum atomic E-state index is 13.2. The Morgan fingerprint density at radius 2 is 2.14 bits per heavy atom. The number of hydrogen-bond donors (Lipinski definition) is 1. The van der Waals surface area contributed by atoms with Gasteiger partial charge in [-0.2, -0.15) is 0 Å². The lowest BCUT2D eigenvalue weighted by Gasteiger charge is -2.22. The summed E-state index contributed by atoms with van der Waals surface area (Å²) in [5.41, 5.74) is 0.931. The summed E-state index contributed by atoms with van der Waals surface area (Å²) in [6.45, 7) is 2.32. The first-order chi connectivity index (χ1) is 10.2. The number of nitrogens with zero attached hydrogens (tertiary/aromatic N) is 2. The van der Waals surface area contributed by atoms with E-state index in [2.05, 4.69) is 10.3 Å². The number of benzene rings is 1. The summed E-state index contributed by atoms with van der Waals surface area (Å²) >= 11 is 0. The van der Waals surface area contributed by atoms with E-state index in [-0.39, 0.29) is 5.82 Å². The van der Waals surface area contributed by atoms with Crippen LogP contribution in [0.2, 0.25) is 0 Å². The second kappa shape index (κ2) is 10.2. The molecule has 0 heterocycles. The van der Waals surface area contributed by atoms with Crippen molar-refractivity contribution in [2.24, 2.45) is 4.99 Å². The van der Waals surface area contributed by atoms with E-state index in [1.54, 1.807) is 26.3 Å². The van der Waals surface area contributed by atoms with Crippen LogP contribution in [0.25, 0.3) is 0 Å². The molecule has 1 N–H and O–H groups in total. The lowest BCUT2D eigenvalue weighted by atomic mass is 10.2. The predicted octanol–water partition coefficient (Wildman–Crippen LogP) is 2.65. The molecular formula is C16H26FN3O. The molecular weight excluding hydrogens is 269 g/mol. The van der Waals surface area contributed by atoms with Gasteiger partial charge in [0.15, 0.2) is 5.96 Å². The lowest BCUT2D eigenvalue weighted by Crippen LogP contribution is -2.38. The zero-order valence-electron chi connectivity index (χ0n) is 13.2. The molecule has 0 atom stereocenters. The van der Waals surface area contributed by atoms with Gasteiger partial charge < -0.3 is 15.0 Å². The molecule has 0 saturated carbocycles. The molecule has 1 aromatic carbocycles. The van der Waals surface area contributed by atoms with Crippen molar-refractivity contribution >= 4 is 5.96 Å². The van der Waals surface area contributed by atoms with Crippen molar-refractivity contribution in [1.82, 2.24) is 10.2 Å². The van der Waals surface area contributed by atoms with Crippen LogP contribution >= 0.6 is 0 Å². The van der Waals surface area contributed by atoms with Gasteiger partial charge >= 0.3 is 0 Å². The minimum Gasteiger partial charge on any atom is -0.385 e. The van der Waals surface area contributed by atoms with Crippen LogP contribution in [-0.2, 0) is 11.3 Å². The second-order valence-corrected chi connectivity index (χ2v) is 5.01. The van der Waals surface area contributed by atoms with Crippen molar-refractivity contribution in [3.05, 3.63) is 35.6 Å². The van der Waals surface area contributed by atoms with Crippen LogP contribution in [0.1, 0.15) is 24.8 Å². The number of nitrogens with one attached hydrogen (secondary N) is 1. The van der Waals surface area contributed by atoms with Crippen molar-refractivity contribution in [1.29, 1.82) is 0 Å². The van der Waals surface area contributed by atoms with Gasteiger partial charge in [-0.05, 0) is 37.0 Å². The minimum atomic E-state index is -0.206. The van der Waals surface area contributed by atoms with Gasteiger partial charge in [-0.25, -0.2) is 4.39 Å².